The van der Waals surface area contributed by atoms with Crippen molar-refractivity contribution in [2.24, 2.45) is 0 Å². The fourth-order valence-corrected chi connectivity index (χ4v) is 1.56. The number of nitro benzene ring substituents is 1. The first-order valence-electron chi connectivity index (χ1n) is 5.20. The number of carboxylic acids is 1. The number of rotatable bonds is 4. The molecule has 1 N–H and O–H groups in total. The van der Waals surface area contributed by atoms with E-state index in [1.54, 1.807) is 6.92 Å². The third kappa shape index (κ3) is 2.26. The van der Waals surface area contributed by atoms with Gasteiger partial charge in [0.2, 0.25) is 0 Å². The number of carbonyl (C=O) groups is 1. The van der Waals surface area contributed by atoms with Crippen LogP contribution in [0, 0.1) is 10.1 Å². The van der Waals surface area contributed by atoms with Crippen LogP contribution in [0.25, 0.3) is 11.0 Å². The number of carboxylic acid groups (broad SMARTS) is 1. The monoisotopic (exact) mass is 250 g/mol. The Bertz CT molecular complexity index is 621. The number of fused-ring (bicyclic) bond motifs is 1. The minimum atomic E-state index is -0.949. The maximum atomic E-state index is 10.6. The quantitative estimate of drug-likeness (QED) is 0.648. The van der Waals surface area contributed by atoms with Gasteiger partial charge in [0.25, 0.3) is 5.69 Å². The number of aromatic nitrogens is 3. The zero-order valence-corrected chi connectivity index (χ0v) is 9.48. The lowest BCUT2D eigenvalue weighted by molar-refractivity contribution is -0.384. The number of nitrogens with zero attached hydrogens (tertiary/aromatic N) is 4. The molecule has 0 saturated carbocycles. The van der Waals surface area contributed by atoms with Crippen molar-refractivity contribution in [3.8, 4) is 0 Å². The third-order valence-electron chi connectivity index (χ3n) is 2.45. The first-order valence-corrected chi connectivity index (χ1v) is 5.20. The van der Waals surface area contributed by atoms with Crippen molar-refractivity contribution in [1.29, 1.82) is 0 Å². The molecule has 1 aromatic heterocycles. The van der Waals surface area contributed by atoms with E-state index in [-0.39, 0.29) is 12.1 Å². The van der Waals surface area contributed by atoms with Crippen LogP contribution < -0.4 is 0 Å². The van der Waals surface area contributed by atoms with Crippen LogP contribution in [-0.2, 0) is 4.79 Å². The zero-order chi connectivity index (χ0) is 13.3. The molecule has 0 bridgehead atoms. The molecule has 2 rings (SSSR count). The molecule has 0 aliphatic rings. The minimum Gasteiger partial charge on any atom is -0.481 e. The van der Waals surface area contributed by atoms with Crippen molar-refractivity contribution in [2.45, 2.75) is 19.4 Å². The van der Waals surface area contributed by atoms with Gasteiger partial charge in [0.15, 0.2) is 0 Å². The number of hydrogen-bond acceptors (Lipinski definition) is 5. The molecule has 0 saturated heterocycles. The maximum absolute atomic E-state index is 10.6. The second kappa shape index (κ2) is 4.40. The number of benzene rings is 1. The van der Waals surface area contributed by atoms with Crippen LogP contribution in [0.3, 0.4) is 0 Å². The molecule has 0 amide bonds. The van der Waals surface area contributed by atoms with Crippen molar-refractivity contribution in [3.05, 3.63) is 28.3 Å². The molecule has 94 valence electrons. The maximum Gasteiger partial charge on any atom is 0.305 e. The summed E-state index contributed by atoms with van der Waals surface area (Å²) in [4.78, 5) is 21.9. The lowest BCUT2D eigenvalue weighted by Crippen LogP contribution is -2.13. The fourth-order valence-electron chi connectivity index (χ4n) is 1.56. The molecule has 1 unspecified atom stereocenters. The normalized spacial score (nSPS) is 12.5. The highest BCUT2D eigenvalue weighted by molar-refractivity contribution is 5.76. The van der Waals surface area contributed by atoms with Crippen LogP contribution in [0.2, 0.25) is 0 Å². The summed E-state index contributed by atoms with van der Waals surface area (Å²) in [5.41, 5.74) is 0.805. The van der Waals surface area contributed by atoms with Crippen LogP contribution in [0.4, 0.5) is 5.69 Å². The first-order chi connectivity index (χ1) is 8.47. The molecule has 1 atom stereocenters. The molecule has 0 radical (unpaired) electrons. The Kier molecular flexibility index (Phi) is 2.92. The van der Waals surface area contributed by atoms with Gasteiger partial charge in [-0.1, -0.05) is 0 Å². The van der Waals surface area contributed by atoms with Gasteiger partial charge in [-0.05, 0) is 13.0 Å². The van der Waals surface area contributed by atoms with E-state index in [2.05, 4.69) is 10.2 Å². The Morgan fingerprint density at radius 2 is 2.17 bits per heavy atom. The Morgan fingerprint density at radius 3 is 2.78 bits per heavy atom. The van der Waals surface area contributed by atoms with Crippen molar-refractivity contribution < 1.29 is 14.8 Å². The third-order valence-corrected chi connectivity index (χ3v) is 2.45. The summed E-state index contributed by atoms with van der Waals surface area (Å²) in [5.74, 6) is -0.949. The molecule has 18 heavy (non-hydrogen) atoms. The average Bonchev–Trinajstić information content (AvgIpc) is 2.70. The Balaban J connectivity index is 2.38. The van der Waals surface area contributed by atoms with Gasteiger partial charge in [0.1, 0.15) is 11.0 Å². The van der Waals surface area contributed by atoms with Crippen LogP contribution >= 0.6 is 0 Å². The zero-order valence-electron chi connectivity index (χ0n) is 9.48. The van der Waals surface area contributed by atoms with E-state index in [9.17, 15) is 14.9 Å². The molecule has 8 heteroatoms. The van der Waals surface area contributed by atoms with E-state index in [0.29, 0.717) is 11.0 Å². The van der Waals surface area contributed by atoms with Crippen LogP contribution in [-0.4, -0.2) is 31.0 Å². The second-order valence-corrected chi connectivity index (χ2v) is 3.90. The van der Waals surface area contributed by atoms with Gasteiger partial charge in [-0.15, -0.1) is 0 Å². The molecule has 0 fully saturated rings. The van der Waals surface area contributed by atoms with Gasteiger partial charge in [0.05, 0.1) is 17.4 Å². The Labute approximate surface area is 101 Å². The van der Waals surface area contributed by atoms with E-state index < -0.39 is 16.9 Å². The summed E-state index contributed by atoms with van der Waals surface area (Å²) in [5, 5.41) is 27.4. The molecule has 0 aliphatic carbocycles. The molecule has 0 aliphatic heterocycles. The molecule has 8 nitrogen and oxygen atoms in total. The predicted octanol–water partition coefficient (Wildman–Crippen LogP) is 1.38. The SMILES string of the molecule is CC(CC(=O)O)n1nc2ccc([N+](=O)[O-])cc2n1. The van der Waals surface area contributed by atoms with Crippen molar-refractivity contribution >= 4 is 22.7 Å². The molecule has 2 aromatic rings. The van der Waals surface area contributed by atoms with Gasteiger partial charge < -0.3 is 5.11 Å². The van der Waals surface area contributed by atoms with Crippen molar-refractivity contribution in [1.82, 2.24) is 15.0 Å². The molecular weight excluding hydrogens is 240 g/mol. The fraction of sp³-hybridized carbons (Fsp3) is 0.300. The molecule has 1 heterocycles. The lowest BCUT2D eigenvalue weighted by atomic mass is 10.2. The highest BCUT2D eigenvalue weighted by Crippen LogP contribution is 2.19. The van der Waals surface area contributed by atoms with E-state index in [1.165, 1.54) is 23.0 Å². The van der Waals surface area contributed by atoms with Crippen LogP contribution in [0.15, 0.2) is 18.2 Å². The van der Waals surface area contributed by atoms with E-state index in [4.69, 9.17) is 5.11 Å². The number of nitro groups is 1. The second-order valence-electron chi connectivity index (χ2n) is 3.90. The van der Waals surface area contributed by atoms with E-state index in [1.807, 2.05) is 0 Å². The molecule has 1 aromatic carbocycles. The van der Waals surface area contributed by atoms with Gasteiger partial charge in [-0.25, -0.2) is 0 Å². The van der Waals surface area contributed by atoms with E-state index >= 15 is 0 Å². The first kappa shape index (κ1) is 12.0. The smallest absolute Gasteiger partial charge is 0.305 e. The topological polar surface area (TPSA) is 111 Å². The summed E-state index contributed by atoms with van der Waals surface area (Å²) in [7, 11) is 0. The largest absolute Gasteiger partial charge is 0.481 e. The highest BCUT2D eigenvalue weighted by Gasteiger charge is 2.15. The lowest BCUT2D eigenvalue weighted by Gasteiger charge is -2.05. The predicted molar refractivity (Wildman–Crippen MR) is 61.1 cm³/mol. The molecular formula is C10H10N4O4. The summed E-state index contributed by atoms with van der Waals surface area (Å²) < 4.78 is 0. The van der Waals surface area contributed by atoms with E-state index in [0.717, 1.165) is 0 Å². The van der Waals surface area contributed by atoms with Crippen LogP contribution in [0.1, 0.15) is 19.4 Å². The van der Waals surface area contributed by atoms with Crippen LogP contribution in [0.5, 0.6) is 0 Å². The van der Waals surface area contributed by atoms with Gasteiger partial charge >= 0.3 is 5.97 Å². The number of non-ortho nitro benzene ring substituents is 1. The van der Waals surface area contributed by atoms with Crippen molar-refractivity contribution in [3.63, 3.8) is 0 Å². The minimum absolute atomic E-state index is 0.0690. The Morgan fingerprint density at radius 1 is 1.50 bits per heavy atom. The highest BCUT2D eigenvalue weighted by atomic mass is 16.6. The Hall–Kier alpha value is -2.51. The van der Waals surface area contributed by atoms with Gasteiger partial charge in [-0.3, -0.25) is 14.9 Å². The summed E-state index contributed by atoms with van der Waals surface area (Å²) in [6, 6.07) is 3.73. The summed E-state index contributed by atoms with van der Waals surface area (Å²) in [6.07, 6.45) is -0.108. The van der Waals surface area contributed by atoms with Gasteiger partial charge in [0, 0.05) is 12.1 Å². The summed E-state index contributed by atoms with van der Waals surface area (Å²) >= 11 is 0. The average molecular weight is 250 g/mol. The standard InChI is InChI=1S/C10H10N4O4/c1-6(4-10(15)16)13-11-8-3-2-7(14(17)18)5-9(8)12-13/h2-3,5-6H,4H2,1H3,(H,15,16). The van der Waals surface area contributed by atoms with Gasteiger partial charge in [-0.2, -0.15) is 15.0 Å². The molecule has 0 spiro atoms. The van der Waals surface area contributed by atoms with Crippen molar-refractivity contribution in [2.75, 3.05) is 0 Å². The number of hydrogen-bond donors (Lipinski definition) is 1. The summed E-state index contributed by atoms with van der Waals surface area (Å²) in [6.45, 7) is 1.67. The number of aliphatic carboxylic acids is 1.